The molecule has 332 valence electrons. The molecule has 0 bridgehead atoms. The van der Waals surface area contributed by atoms with Crippen molar-refractivity contribution in [2.24, 2.45) is 76.2 Å². The van der Waals surface area contributed by atoms with E-state index in [1.807, 2.05) is 0 Å². The molecule has 1 spiro atoms. The number of methoxy groups -OCH3 is 1. The summed E-state index contributed by atoms with van der Waals surface area (Å²) in [5, 5.41) is 42.4. The van der Waals surface area contributed by atoms with E-state index >= 15 is 0 Å². The molecule has 9 nitrogen and oxygen atoms in total. The van der Waals surface area contributed by atoms with E-state index in [4.69, 9.17) is 10.5 Å². The van der Waals surface area contributed by atoms with Crippen LogP contribution in [-0.4, -0.2) is 83.7 Å². The van der Waals surface area contributed by atoms with E-state index in [1.54, 1.807) is 7.11 Å². The zero-order chi connectivity index (χ0) is 41.1. The van der Waals surface area contributed by atoms with Gasteiger partial charge in [-0.25, -0.2) is 0 Å². The molecule has 0 aromatic heterocycles. The molecule has 18 atom stereocenters. The third kappa shape index (κ3) is 10.4. The number of piperidine rings is 2. The van der Waals surface area contributed by atoms with E-state index in [2.05, 4.69) is 22.5 Å². The van der Waals surface area contributed by atoms with E-state index < -0.39 is 23.7 Å². The smallest absolute Gasteiger partial charge is 0.153 e. The molecular formula is C50H81N3O6. The van der Waals surface area contributed by atoms with E-state index in [9.17, 15) is 24.9 Å². The van der Waals surface area contributed by atoms with Gasteiger partial charge in [-0.3, -0.25) is 9.59 Å². The summed E-state index contributed by atoms with van der Waals surface area (Å²) in [6.45, 7) is 1.93. The van der Waals surface area contributed by atoms with Crippen molar-refractivity contribution in [2.45, 2.75) is 197 Å². The fourth-order valence-corrected chi connectivity index (χ4v) is 14.9. The molecule has 8 rings (SSSR count). The van der Waals surface area contributed by atoms with Crippen molar-refractivity contribution >= 4 is 11.6 Å². The van der Waals surface area contributed by atoms with Crippen molar-refractivity contribution in [2.75, 3.05) is 20.2 Å². The Morgan fingerprint density at radius 1 is 0.814 bits per heavy atom. The van der Waals surface area contributed by atoms with Crippen LogP contribution in [0.15, 0.2) is 0 Å². The lowest BCUT2D eigenvalue weighted by molar-refractivity contribution is -0.135. The predicted octanol–water partition coefficient (Wildman–Crippen LogP) is 6.68. The molecule has 5 saturated carbocycles. The molecule has 7 N–H and O–H groups in total. The molecule has 0 aromatic carbocycles. The van der Waals surface area contributed by atoms with Crippen LogP contribution >= 0.6 is 0 Å². The number of Topliss-reactive ketones (excluding diaryl/α,β-unsaturated/α-hetero) is 2. The number of aliphatic hydroxyl groups excluding tert-OH is 3. The normalized spacial score (nSPS) is 45.3. The monoisotopic (exact) mass is 820 g/mol. The number of ketones is 2. The largest absolute Gasteiger partial charge is 0.393 e. The van der Waals surface area contributed by atoms with Crippen LogP contribution in [0.3, 0.4) is 0 Å². The van der Waals surface area contributed by atoms with E-state index in [-0.39, 0.29) is 35.8 Å². The van der Waals surface area contributed by atoms with Crippen molar-refractivity contribution in [3.63, 3.8) is 0 Å². The second-order valence-electron chi connectivity index (χ2n) is 21.8. The average molecular weight is 820 g/mol. The highest BCUT2D eigenvalue weighted by Gasteiger charge is 2.50. The molecule has 6 aliphatic carbocycles. The van der Waals surface area contributed by atoms with Gasteiger partial charge in [0.25, 0.3) is 0 Å². The van der Waals surface area contributed by atoms with Gasteiger partial charge in [0.2, 0.25) is 0 Å². The Labute approximate surface area is 356 Å². The Kier molecular flexibility index (Phi) is 15.0. The van der Waals surface area contributed by atoms with Crippen LogP contribution in [0.2, 0.25) is 0 Å². The van der Waals surface area contributed by atoms with Gasteiger partial charge in [-0.1, -0.05) is 43.9 Å². The number of ether oxygens (including phenoxy) is 1. The van der Waals surface area contributed by atoms with Gasteiger partial charge < -0.3 is 36.4 Å². The van der Waals surface area contributed by atoms with Crippen LogP contribution in [0.4, 0.5) is 0 Å². The zero-order valence-corrected chi connectivity index (χ0v) is 36.6. The second kappa shape index (κ2) is 20.0. The fourth-order valence-electron chi connectivity index (χ4n) is 14.9. The summed E-state index contributed by atoms with van der Waals surface area (Å²) in [4.78, 5) is 26.3. The highest BCUT2D eigenvalue weighted by Crippen LogP contribution is 2.50. The molecule has 0 aromatic rings. The number of aliphatic hydroxyl groups is 3. The minimum atomic E-state index is -1.04. The number of hydrogen-bond donors (Lipinski definition) is 6. The maximum absolute atomic E-state index is 14.3. The van der Waals surface area contributed by atoms with Crippen molar-refractivity contribution in [3.05, 3.63) is 0 Å². The van der Waals surface area contributed by atoms with Crippen LogP contribution in [-0.2, 0) is 14.3 Å². The van der Waals surface area contributed by atoms with Crippen molar-refractivity contribution in [1.82, 2.24) is 10.6 Å². The molecule has 9 heteroatoms. The Bertz CT molecular complexity index is 1480. The molecule has 0 amide bonds. The summed E-state index contributed by atoms with van der Waals surface area (Å²) < 4.78 is 5.77. The maximum atomic E-state index is 14.3. The number of carbonyl (C=O) groups excluding carboxylic acids is 2. The summed E-state index contributed by atoms with van der Waals surface area (Å²) in [5.41, 5.74) is 5.47. The fraction of sp³-hybridized carbons (Fsp3) is 0.920. The summed E-state index contributed by atoms with van der Waals surface area (Å²) >= 11 is 0. The molecular weight excluding hydrogens is 739 g/mol. The van der Waals surface area contributed by atoms with Crippen LogP contribution in [0, 0.1) is 82.4 Å². The number of fused-ring (bicyclic) bond motifs is 3. The zero-order valence-electron chi connectivity index (χ0n) is 36.6. The van der Waals surface area contributed by atoms with Gasteiger partial charge in [-0.15, -0.1) is 0 Å². The summed E-state index contributed by atoms with van der Waals surface area (Å²) in [6.07, 6.45) is 22.2. The average Bonchev–Trinajstić information content (AvgIpc) is 3.29. The van der Waals surface area contributed by atoms with Gasteiger partial charge in [0, 0.05) is 38.3 Å². The predicted molar refractivity (Wildman–Crippen MR) is 231 cm³/mol. The molecule has 8 aliphatic rings. The first-order valence-electron chi connectivity index (χ1n) is 25.0. The van der Waals surface area contributed by atoms with Crippen LogP contribution in [0.1, 0.15) is 161 Å². The second-order valence-corrected chi connectivity index (χ2v) is 21.8. The topological polar surface area (TPSA) is 154 Å². The Morgan fingerprint density at radius 2 is 1.61 bits per heavy atom. The highest BCUT2D eigenvalue weighted by molar-refractivity contribution is 5.89. The first-order chi connectivity index (χ1) is 28.6. The summed E-state index contributed by atoms with van der Waals surface area (Å²) in [5.74, 6) is 13.0. The van der Waals surface area contributed by atoms with Gasteiger partial charge in [0.15, 0.2) is 5.78 Å². The van der Waals surface area contributed by atoms with Gasteiger partial charge in [0.1, 0.15) is 11.2 Å². The quantitative estimate of drug-likeness (QED) is 0.125. The lowest BCUT2D eigenvalue weighted by atomic mass is 9.61. The SMILES string of the molecule is COC1CC2CCC(=O)[C@]3(C#C[C@H](CC[C@H](O)C[C@H](C4CCNC(N)C4)C4CCC5CCCCC5C4)C2CC1O)CC[C@H](CC[C@H]1CN[C@@H]2CC(=O)CC[C@H]2C1)C[C@H]3O. The first kappa shape index (κ1) is 44.2. The van der Waals surface area contributed by atoms with E-state index in [0.29, 0.717) is 92.3 Å². The van der Waals surface area contributed by atoms with Gasteiger partial charge in [-0.2, -0.15) is 0 Å². The van der Waals surface area contributed by atoms with Crippen molar-refractivity contribution in [3.8, 4) is 11.8 Å². The van der Waals surface area contributed by atoms with Crippen molar-refractivity contribution < 1.29 is 29.6 Å². The van der Waals surface area contributed by atoms with Gasteiger partial charge in [0.05, 0.1) is 30.6 Å². The number of rotatable bonds is 11. The molecule has 59 heavy (non-hydrogen) atoms. The minimum absolute atomic E-state index is 0.0344. The number of nitrogens with two attached hydrogens (primary N) is 1. The standard InChI is InChI=1S/C50H81N3O6/c1-59-46-25-37-12-15-47(57)50(19-16-31(23-48(50)58)6-7-32-22-39-11-14-41(55)28-44(39)53-30-32)20-17-34(43(37)29-45(46)56)10-13-40(54)27-42(38-18-21-52-49(51)26-38)36-9-8-33-4-2-3-5-35(33)24-36/h31-40,42-46,48-49,52-54,56,58H,2-16,18-19,21-30,51H2,1H3/t31-,32+,33?,34-,35?,36?,37?,38?,39-,40-,42-,43?,44+,45?,46?,48+,49?,50+/m0/s1. The summed E-state index contributed by atoms with van der Waals surface area (Å²) in [6, 6.07) is 0.359. The maximum Gasteiger partial charge on any atom is 0.153 e. The first-order valence-corrected chi connectivity index (χ1v) is 25.0. The van der Waals surface area contributed by atoms with Crippen LogP contribution in [0.25, 0.3) is 0 Å². The van der Waals surface area contributed by atoms with Crippen LogP contribution in [0.5, 0.6) is 0 Å². The highest BCUT2D eigenvalue weighted by atomic mass is 16.5. The van der Waals surface area contributed by atoms with Gasteiger partial charge in [-0.05, 0) is 181 Å². The Morgan fingerprint density at radius 3 is 2.42 bits per heavy atom. The molecule has 0 radical (unpaired) electrons. The number of nitrogens with one attached hydrogen (secondary N) is 2. The minimum Gasteiger partial charge on any atom is -0.393 e. The Hall–Kier alpha value is -1.38. The van der Waals surface area contributed by atoms with E-state index in [1.165, 1.54) is 51.4 Å². The van der Waals surface area contributed by atoms with Crippen molar-refractivity contribution in [1.29, 1.82) is 0 Å². The lowest BCUT2D eigenvalue weighted by Crippen LogP contribution is -2.49. The molecule has 9 unspecified atom stereocenters. The lowest BCUT2D eigenvalue weighted by Gasteiger charge is -2.46. The third-order valence-corrected chi connectivity index (χ3v) is 18.4. The van der Waals surface area contributed by atoms with Crippen LogP contribution < -0.4 is 16.4 Å². The number of carbonyl (C=O) groups is 2. The third-order valence-electron chi connectivity index (χ3n) is 18.4. The Balaban J connectivity index is 0.943. The molecule has 2 aliphatic heterocycles. The van der Waals surface area contributed by atoms with Gasteiger partial charge >= 0.3 is 0 Å². The number of hydrogen-bond acceptors (Lipinski definition) is 9. The summed E-state index contributed by atoms with van der Waals surface area (Å²) in [7, 11) is 1.68. The molecule has 2 saturated heterocycles. The molecule has 2 heterocycles. The molecule has 7 fully saturated rings. The van der Waals surface area contributed by atoms with E-state index in [0.717, 1.165) is 89.1 Å².